The summed E-state index contributed by atoms with van der Waals surface area (Å²) in [5, 5.41) is 4.27. The topological polar surface area (TPSA) is 37.8 Å². The van der Waals surface area contributed by atoms with Crippen molar-refractivity contribution in [1.82, 2.24) is 9.97 Å². The summed E-state index contributed by atoms with van der Waals surface area (Å²) in [7, 11) is 0. The lowest BCUT2D eigenvalue weighted by atomic mass is 10.2. The molecule has 1 aromatic rings. The van der Waals surface area contributed by atoms with Gasteiger partial charge in [0.05, 0.1) is 0 Å². The van der Waals surface area contributed by atoms with Gasteiger partial charge in [-0.2, -0.15) is 11.8 Å². The SMILES string of the molecule is CCc1nc(Br)cc(NC2CCCC2SC)n1. The molecule has 5 heteroatoms. The molecule has 1 heterocycles. The minimum atomic E-state index is 0.552. The average Bonchev–Trinajstić information content (AvgIpc) is 2.75. The maximum absolute atomic E-state index is 4.52. The lowest BCUT2D eigenvalue weighted by molar-refractivity contribution is 0.758. The number of nitrogens with zero attached hydrogens (tertiary/aromatic N) is 2. The monoisotopic (exact) mass is 315 g/mol. The molecule has 3 nitrogen and oxygen atoms in total. The van der Waals surface area contributed by atoms with Crippen molar-refractivity contribution in [1.29, 1.82) is 0 Å². The molecule has 0 aromatic carbocycles. The van der Waals surface area contributed by atoms with Gasteiger partial charge in [-0.3, -0.25) is 0 Å². The van der Waals surface area contributed by atoms with Gasteiger partial charge in [-0.05, 0) is 35.0 Å². The molecule has 0 amide bonds. The van der Waals surface area contributed by atoms with Crippen LogP contribution in [0.5, 0.6) is 0 Å². The highest BCUT2D eigenvalue weighted by molar-refractivity contribution is 9.10. The van der Waals surface area contributed by atoms with Crippen LogP contribution >= 0.6 is 27.7 Å². The van der Waals surface area contributed by atoms with Gasteiger partial charge >= 0.3 is 0 Å². The second-order valence-corrected chi connectivity index (χ2v) is 6.19. The van der Waals surface area contributed by atoms with Crippen LogP contribution in [0.15, 0.2) is 10.7 Å². The Morgan fingerprint density at radius 3 is 3.00 bits per heavy atom. The van der Waals surface area contributed by atoms with E-state index in [1.54, 1.807) is 0 Å². The van der Waals surface area contributed by atoms with Crippen LogP contribution < -0.4 is 5.32 Å². The molecule has 1 aliphatic carbocycles. The molecular weight excluding hydrogens is 298 g/mol. The number of thioether (sulfide) groups is 1. The molecule has 0 aliphatic heterocycles. The summed E-state index contributed by atoms with van der Waals surface area (Å²) in [4.78, 5) is 8.85. The summed E-state index contributed by atoms with van der Waals surface area (Å²) >= 11 is 5.40. The van der Waals surface area contributed by atoms with Gasteiger partial charge in [0.1, 0.15) is 16.2 Å². The second kappa shape index (κ2) is 6.05. The van der Waals surface area contributed by atoms with Crippen molar-refractivity contribution >= 4 is 33.5 Å². The highest BCUT2D eigenvalue weighted by Crippen LogP contribution is 2.30. The lowest BCUT2D eigenvalue weighted by Crippen LogP contribution is -2.26. The fraction of sp³-hybridized carbons (Fsp3) is 0.667. The average molecular weight is 316 g/mol. The third kappa shape index (κ3) is 3.35. The number of aromatic nitrogens is 2. The van der Waals surface area contributed by atoms with Gasteiger partial charge in [-0.15, -0.1) is 0 Å². The number of halogens is 1. The zero-order valence-electron chi connectivity index (χ0n) is 10.2. The summed E-state index contributed by atoms with van der Waals surface area (Å²) in [5.41, 5.74) is 0. The maximum atomic E-state index is 4.52. The van der Waals surface area contributed by atoms with E-state index < -0.39 is 0 Å². The number of aryl methyl sites for hydroxylation is 1. The Labute approximate surface area is 115 Å². The van der Waals surface area contributed by atoms with E-state index in [2.05, 4.69) is 44.4 Å². The fourth-order valence-electron chi connectivity index (χ4n) is 2.26. The second-order valence-electron chi connectivity index (χ2n) is 4.30. The zero-order valence-corrected chi connectivity index (χ0v) is 12.6. The molecule has 2 unspecified atom stereocenters. The molecule has 1 saturated carbocycles. The van der Waals surface area contributed by atoms with Crippen LogP contribution in [-0.4, -0.2) is 27.5 Å². The van der Waals surface area contributed by atoms with E-state index in [1.807, 2.05) is 17.8 Å². The van der Waals surface area contributed by atoms with Crippen LogP contribution in [0.2, 0.25) is 0 Å². The van der Waals surface area contributed by atoms with Crippen molar-refractivity contribution in [3.63, 3.8) is 0 Å². The maximum Gasteiger partial charge on any atom is 0.131 e. The van der Waals surface area contributed by atoms with Gasteiger partial charge in [0.15, 0.2) is 0 Å². The van der Waals surface area contributed by atoms with E-state index in [0.717, 1.165) is 22.7 Å². The third-order valence-electron chi connectivity index (χ3n) is 3.15. The van der Waals surface area contributed by atoms with E-state index in [4.69, 9.17) is 0 Å². The van der Waals surface area contributed by atoms with Crippen molar-refractivity contribution < 1.29 is 0 Å². The van der Waals surface area contributed by atoms with Crippen molar-refractivity contribution in [2.45, 2.75) is 43.9 Å². The quantitative estimate of drug-likeness (QED) is 0.863. The molecule has 1 fully saturated rings. The van der Waals surface area contributed by atoms with Crippen molar-refractivity contribution in [3.05, 3.63) is 16.5 Å². The van der Waals surface area contributed by atoms with Crippen molar-refractivity contribution in [2.24, 2.45) is 0 Å². The van der Waals surface area contributed by atoms with Crippen molar-refractivity contribution in [3.8, 4) is 0 Å². The zero-order chi connectivity index (χ0) is 12.3. The van der Waals surface area contributed by atoms with Crippen LogP contribution in [0, 0.1) is 0 Å². The first-order chi connectivity index (χ1) is 8.22. The lowest BCUT2D eigenvalue weighted by Gasteiger charge is -2.20. The first-order valence-electron chi connectivity index (χ1n) is 6.05. The molecule has 2 rings (SSSR count). The first kappa shape index (κ1) is 13.1. The van der Waals surface area contributed by atoms with Crippen LogP contribution in [0.4, 0.5) is 5.82 Å². The summed E-state index contributed by atoms with van der Waals surface area (Å²) in [6, 6.07) is 2.52. The summed E-state index contributed by atoms with van der Waals surface area (Å²) in [5.74, 6) is 1.84. The number of rotatable bonds is 4. The van der Waals surface area contributed by atoms with Crippen molar-refractivity contribution in [2.75, 3.05) is 11.6 Å². The molecule has 1 aromatic heterocycles. The molecule has 0 spiro atoms. The van der Waals surface area contributed by atoms with E-state index in [1.165, 1.54) is 19.3 Å². The Morgan fingerprint density at radius 1 is 1.47 bits per heavy atom. The molecule has 0 radical (unpaired) electrons. The standard InChI is InChI=1S/C12H18BrN3S/c1-3-11-15-10(13)7-12(16-11)14-8-5-4-6-9(8)17-2/h7-9H,3-6H2,1-2H3,(H,14,15,16). The molecule has 1 N–H and O–H groups in total. The van der Waals surface area contributed by atoms with Gasteiger partial charge < -0.3 is 5.32 Å². The smallest absolute Gasteiger partial charge is 0.131 e. The largest absolute Gasteiger partial charge is 0.366 e. The molecule has 17 heavy (non-hydrogen) atoms. The van der Waals surface area contributed by atoms with E-state index in [9.17, 15) is 0 Å². The Bertz CT molecular complexity index is 386. The highest BCUT2D eigenvalue weighted by atomic mass is 79.9. The number of hydrogen-bond donors (Lipinski definition) is 1. The molecule has 94 valence electrons. The molecule has 1 aliphatic rings. The van der Waals surface area contributed by atoms with Gasteiger partial charge in [-0.1, -0.05) is 13.3 Å². The van der Waals surface area contributed by atoms with Crippen LogP contribution in [0.1, 0.15) is 32.0 Å². The third-order valence-corrected chi connectivity index (χ3v) is 4.72. The normalized spacial score (nSPS) is 23.9. The predicted octanol–water partition coefficient (Wildman–Crippen LogP) is 3.50. The molecular formula is C12H18BrN3S. The minimum Gasteiger partial charge on any atom is -0.366 e. The van der Waals surface area contributed by atoms with Gasteiger partial charge in [0.2, 0.25) is 0 Å². The van der Waals surface area contributed by atoms with Gasteiger partial charge in [0, 0.05) is 23.8 Å². The van der Waals surface area contributed by atoms with Gasteiger partial charge in [0.25, 0.3) is 0 Å². The molecule has 2 atom stereocenters. The predicted molar refractivity (Wildman–Crippen MR) is 77.7 cm³/mol. The first-order valence-corrected chi connectivity index (χ1v) is 8.13. The summed E-state index contributed by atoms with van der Waals surface area (Å²) in [6.07, 6.45) is 6.93. The number of hydrogen-bond acceptors (Lipinski definition) is 4. The number of anilines is 1. The number of nitrogens with one attached hydrogen (secondary N) is 1. The molecule has 0 saturated heterocycles. The Hall–Kier alpha value is -0.290. The summed E-state index contributed by atoms with van der Waals surface area (Å²) in [6.45, 7) is 2.08. The Balaban J connectivity index is 2.09. The highest BCUT2D eigenvalue weighted by Gasteiger charge is 2.26. The molecule has 0 bridgehead atoms. The summed E-state index contributed by atoms with van der Waals surface area (Å²) < 4.78 is 0.866. The minimum absolute atomic E-state index is 0.552. The van der Waals surface area contributed by atoms with E-state index >= 15 is 0 Å². The van der Waals surface area contributed by atoms with Crippen LogP contribution in [0.25, 0.3) is 0 Å². The van der Waals surface area contributed by atoms with Gasteiger partial charge in [-0.25, -0.2) is 9.97 Å². The Morgan fingerprint density at radius 2 is 2.29 bits per heavy atom. The van der Waals surface area contributed by atoms with Crippen LogP contribution in [0.3, 0.4) is 0 Å². The van der Waals surface area contributed by atoms with E-state index in [0.29, 0.717) is 11.3 Å². The fourth-order valence-corrected chi connectivity index (χ4v) is 3.62. The van der Waals surface area contributed by atoms with Crippen LogP contribution in [-0.2, 0) is 6.42 Å². The van der Waals surface area contributed by atoms with E-state index in [-0.39, 0.29) is 0 Å². The Kier molecular flexibility index (Phi) is 4.68.